The Labute approximate surface area is 116 Å². The fourth-order valence-corrected chi connectivity index (χ4v) is 1.64. The van der Waals surface area contributed by atoms with Crippen LogP contribution in [0.25, 0.3) is 0 Å². The van der Waals surface area contributed by atoms with Gasteiger partial charge in [0, 0.05) is 26.2 Å². The fraction of sp³-hybridized carbons (Fsp3) is 0.533. The summed E-state index contributed by atoms with van der Waals surface area (Å²) in [6.07, 6.45) is 0. The predicted octanol–water partition coefficient (Wildman–Crippen LogP) is 2.30. The SMILES string of the molecule is CN=C(NCc1ccc(COC)cc1)NC(C)(C)C. The molecule has 0 heterocycles. The van der Waals surface area contributed by atoms with Gasteiger partial charge in [0.05, 0.1) is 6.61 Å². The zero-order valence-electron chi connectivity index (χ0n) is 12.6. The molecule has 1 rings (SSSR count). The number of hydrogen-bond donors (Lipinski definition) is 2. The van der Waals surface area contributed by atoms with E-state index in [9.17, 15) is 0 Å². The smallest absolute Gasteiger partial charge is 0.191 e. The lowest BCUT2D eigenvalue weighted by atomic mass is 10.1. The van der Waals surface area contributed by atoms with Crippen molar-refractivity contribution in [2.24, 2.45) is 4.99 Å². The summed E-state index contributed by atoms with van der Waals surface area (Å²) in [7, 11) is 3.49. The van der Waals surface area contributed by atoms with Crippen molar-refractivity contribution in [3.63, 3.8) is 0 Å². The van der Waals surface area contributed by atoms with E-state index in [1.807, 2.05) is 0 Å². The van der Waals surface area contributed by atoms with E-state index in [2.05, 4.69) is 60.7 Å². The van der Waals surface area contributed by atoms with Crippen molar-refractivity contribution in [2.75, 3.05) is 14.2 Å². The number of guanidine groups is 1. The van der Waals surface area contributed by atoms with Crippen molar-refractivity contribution in [1.82, 2.24) is 10.6 Å². The highest BCUT2D eigenvalue weighted by Gasteiger charge is 2.11. The maximum absolute atomic E-state index is 5.09. The number of hydrogen-bond acceptors (Lipinski definition) is 2. The van der Waals surface area contributed by atoms with Crippen molar-refractivity contribution in [3.05, 3.63) is 35.4 Å². The number of benzene rings is 1. The summed E-state index contributed by atoms with van der Waals surface area (Å²) in [5.74, 6) is 0.813. The average Bonchev–Trinajstić information content (AvgIpc) is 2.35. The molecule has 19 heavy (non-hydrogen) atoms. The van der Waals surface area contributed by atoms with Crippen LogP contribution in [-0.2, 0) is 17.9 Å². The fourth-order valence-electron chi connectivity index (χ4n) is 1.64. The maximum atomic E-state index is 5.09. The molecule has 4 nitrogen and oxygen atoms in total. The molecule has 0 saturated heterocycles. The van der Waals surface area contributed by atoms with Crippen LogP contribution in [0.1, 0.15) is 31.9 Å². The first-order valence-corrected chi connectivity index (χ1v) is 6.50. The van der Waals surface area contributed by atoms with Crippen molar-refractivity contribution < 1.29 is 4.74 Å². The highest BCUT2D eigenvalue weighted by atomic mass is 16.5. The van der Waals surface area contributed by atoms with E-state index >= 15 is 0 Å². The summed E-state index contributed by atoms with van der Waals surface area (Å²) < 4.78 is 5.09. The van der Waals surface area contributed by atoms with E-state index in [0.29, 0.717) is 6.61 Å². The van der Waals surface area contributed by atoms with Gasteiger partial charge in [-0.3, -0.25) is 4.99 Å². The summed E-state index contributed by atoms with van der Waals surface area (Å²) in [6, 6.07) is 8.37. The minimum atomic E-state index is 0.00413. The molecule has 0 unspecified atom stereocenters. The molecule has 0 saturated carbocycles. The minimum absolute atomic E-state index is 0.00413. The Bertz CT molecular complexity index is 404. The van der Waals surface area contributed by atoms with Gasteiger partial charge < -0.3 is 15.4 Å². The van der Waals surface area contributed by atoms with Crippen molar-refractivity contribution in [3.8, 4) is 0 Å². The van der Waals surface area contributed by atoms with Crippen LogP contribution in [0, 0.1) is 0 Å². The van der Waals surface area contributed by atoms with Crippen molar-refractivity contribution >= 4 is 5.96 Å². The van der Waals surface area contributed by atoms with Gasteiger partial charge in [-0.25, -0.2) is 0 Å². The molecular formula is C15H25N3O. The molecule has 0 bridgehead atoms. The first kappa shape index (κ1) is 15.5. The van der Waals surface area contributed by atoms with E-state index in [4.69, 9.17) is 4.74 Å². The summed E-state index contributed by atoms with van der Waals surface area (Å²) in [5.41, 5.74) is 2.41. The standard InChI is InChI=1S/C15H25N3O/c1-15(2,3)18-14(16-4)17-10-12-6-8-13(9-7-12)11-19-5/h6-9H,10-11H2,1-5H3,(H2,16,17,18). The largest absolute Gasteiger partial charge is 0.380 e. The normalized spacial score (nSPS) is 12.4. The molecular weight excluding hydrogens is 238 g/mol. The van der Waals surface area contributed by atoms with E-state index in [0.717, 1.165) is 12.5 Å². The quantitative estimate of drug-likeness (QED) is 0.647. The molecule has 0 radical (unpaired) electrons. The number of rotatable bonds is 4. The lowest BCUT2D eigenvalue weighted by Gasteiger charge is -2.23. The molecule has 2 N–H and O–H groups in total. The number of ether oxygens (including phenoxy) is 1. The Morgan fingerprint density at radius 3 is 2.21 bits per heavy atom. The van der Waals surface area contributed by atoms with Gasteiger partial charge in [-0.05, 0) is 31.9 Å². The number of nitrogens with zero attached hydrogens (tertiary/aromatic N) is 1. The molecule has 1 aromatic rings. The molecule has 0 aliphatic heterocycles. The highest BCUT2D eigenvalue weighted by Crippen LogP contribution is 2.05. The number of nitrogens with one attached hydrogen (secondary N) is 2. The first-order valence-electron chi connectivity index (χ1n) is 6.50. The second-order valence-corrected chi connectivity index (χ2v) is 5.55. The van der Waals surface area contributed by atoms with Crippen molar-refractivity contribution in [2.45, 2.75) is 39.5 Å². The molecule has 0 aliphatic carbocycles. The monoisotopic (exact) mass is 263 g/mol. The summed E-state index contributed by atoms with van der Waals surface area (Å²) in [5, 5.41) is 6.63. The molecule has 0 fully saturated rings. The molecule has 4 heteroatoms. The maximum Gasteiger partial charge on any atom is 0.191 e. The van der Waals surface area contributed by atoms with Gasteiger partial charge in [0.2, 0.25) is 0 Å². The van der Waals surface area contributed by atoms with Gasteiger partial charge in [-0.1, -0.05) is 24.3 Å². The second kappa shape index (κ2) is 7.14. The summed E-state index contributed by atoms with van der Waals surface area (Å²) in [6.45, 7) is 7.74. The molecule has 1 aromatic carbocycles. The Morgan fingerprint density at radius 2 is 1.74 bits per heavy atom. The van der Waals surface area contributed by atoms with E-state index in [1.54, 1.807) is 14.2 Å². The zero-order chi connectivity index (χ0) is 14.3. The third-order valence-electron chi connectivity index (χ3n) is 2.51. The Balaban J connectivity index is 2.51. The highest BCUT2D eigenvalue weighted by molar-refractivity contribution is 5.80. The van der Waals surface area contributed by atoms with Crippen molar-refractivity contribution in [1.29, 1.82) is 0 Å². The molecule has 0 aromatic heterocycles. The first-order chi connectivity index (χ1) is 8.94. The van der Waals surface area contributed by atoms with E-state index in [1.165, 1.54) is 11.1 Å². The molecule has 0 atom stereocenters. The molecule has 0 amide bonds. The minimum Gasteiger partial charge on any atom is -0.380 e. The van der Waals surface area contributed by atoms with Gasteiger partial charge in [-0.15, -0.1) is 0 Å². The van der Waals surface area contributed by atoms with Crippen LogP contribution in [0.5, 0.6) is 0 Å². The predicted molar refractivity (Wildman–Crippen MR) is 80.2 cm³/mol. The van der Waals surface area contributed by atoms with Crippen LogP contribution in [0.4, 0.5) is 0 Å². The number of methoxy groups -OCH3 is 1. The van der Waals surface area contributed by atoms with Gasteiger partial charge >= 0.3 is 0 Å². The van der Waals surface area contributed by atoms with E-state index in [-0.39, 0.29) is 5.54 Å². The van der Waals surface area contributed by atoms with Crippen LogP contribution >= 0.6 is 0 Å². The third kappa shape index (κ3) is 6.25. The number of aliphatic imine (C=N–C) groups is 1. The topological polar surface area (TPSA) is 45.7 Å². The second-order valence-electron chi connectivity index (χ2n) is 5.55. The molecule has 0 spiro atoms. The summed E-state index contributed by atoms with van der Waals surface area (Å²) in [4.78, 5) is 4.21. The van der Waals surface area contributed by atoms with Crippen LogP contribution in [-0.4, -0.2) is 25.7 Å². The zero-order valence-corrected chi connectivity index (χ0v) is 12.6. The molecule has 106 valence electrons. The third-order valence-corrected chi connectivity index (χ3v) is 2.51. The average molecular weight is 263 g/mol. The Hall–Kier alpha value is -1.55. The van der Waals surface area contributed by atoms with Gasteiger partial charge in [0.15, 0.2) is 5.96 Å². The molecule has 0 aliphatic rings. The van der Waals surface area contributed by atoms with Gasteiger partial charge in [-0.2, -0.15) is 0 Å². The Kier molecular flexibility index (Phi) is 5.83. The van der Waals surface area contributed by atoms with Crippen LogP contribution in [0.3, 0.4) is 0 Å². The van der Waals surface area contributed by atoms with Gasteiger partial charge in [0.25, 0.3) is 0 Å². The van der Waals surface area contributed by atoms with Gasteiger partial charge in [0.1, 0.15) is 0 Å². The van der Waals surface area contributed by atoms with E-state index < -0.39 is 0 Å². The van der Waals surface area contributed by atoms with Crippen LogP contribution in [0.15, 0.2) is 29.3 Å². The Morgan fingerprint density at radius 1 is 1.16 bits per heavy atom. The lowest BCUT2D eigenvalue weighted by molar-refractivity contribution is 0.185. The van der Waals surface area contributed by atoms with Crippen LogP contribution in [0.2, 0.25) is 0 Å². The summed E-state index contributed by atoms with van der Waals surface area (Å²) >= 11 is 0. The lowest BCUT2D eigenvalue weighted by Crippen LogP contribution is -2.47. The van der Waals surface area contributed by atoms with Crippen LogP contribution < -0.4 is 10.6 Å².